The van der Waals surface area contributed by atoms with Gasteiger partial charge in [-0.3, -0.25) is 4.90 Å². The van der Waals surface area contributed by atoms with Gasteiger partial charge in [0.25, 0.3) is 0 Å². The van der Waals surface area contributed by atoms with Crippen LogP contribution in [-0.2, 0) is 4.74 Å². The van der Waals surface area contributed by atoms with Crippen LogP contribution in [0.5, 0.6) is 0 Å². The van der Waals surface area contributed by atoms with Gasteiger partial charge in [0.1, 0.15) is 0 Å². The standard InChI is InChI=1S/C14H28N2O/c1-13(6-11-17-2)16-10-5-9-15-14(12-16)7-3-4-8-14/h13,15H,3-12H2,1-2H3. The number of nitrogens with zero attached hydrogens (tertiary/aromatic N) is 1. The maximum atomic E-state index is 5.21. The molecule has 1 spiro atoms. The minimum absolute atomic E-state index is 0.442. The van der Waals surface area contributed by atoms with Gasteiger partial charge in [-0.05, 0) is 45.7 Å². The second-order valence-electron chi connectivity index (χ2n) is 5.87. The number of rotatable bonds is 4. The Balaban J connectivity index is 1.92. The highest BCUT2D eigenvalue weighted by atomic mass is 16.5. The van der Waals surface area contributed by atoms with E-state index in [0.717, 1.165) is 13.0 Å². The third kappa shape index (κ3) is 3.43. The van der Waals surface area contributed by atoms with Crippen molar-refractivity contribution in [2.75, 3.05) is 33.4 Å². The molecule has 17 heavy (non-hydrogen) atoms. The first-order valence-electron chi connectivity index (χ1n) is 7.24. The largest absolute Gasteiger partial charge is 0.385 e. The molecule has 0 bridgehead atoms. The van der Waals surface area contributed by atoms with Crippen molar-refractivity contribution in [3.05, 3.63) is 0 Å². The Bertz CT molecular complexity index is 226. The van der Waals surface area contributed by atoms with Gasteiger partial charge >= 0.3 is 0 Å². The molecule has 0 amide bonds. The molecule has 100 valence electrons. The Hall–Kier alpha value is -0.120. The SMILES string of the molecule is COCCC(C)N1CCCNC2(CCCC2)C1. The molecule has 2 aliphatic rings. The molecule has 0 radical (unpaired) electrons. The third-order valence-electron chi connectivity index (χ3n) is 4.55. The van der Waals surface area contributed by atoms with Gasteiger partial charge in [-0.25, -0.2) is 0 Å². The van der Waals surface area contributed by atoms with Crippen molar-refractivity contribution in [1.82, 2.24) is 10.2 Å². The second-order valence-corrected chi connectivity index (χ2v) is 5.87. The highest BCUT2D eigenvalue weighted by molar-refractivity contribution is 4.97. The van der Waals surface area contributed by atoms with Crippen LogP contribution in [0.1, 0.15) is 45.4 Å². The van der Waals surface area contributed by atoms with E-state index in [1.807, 2.05) is 0 Å². The van der Waals surface area contributed by atoms with Crippen molar-refractivity contribution in [2.24, 2.45) is 0 Å². The summed E-state index contributed by atoms with van der Waals surface area (Å²) >= 11 is 0. The zero-order valence-electron chi connectivity index (χ0n) is 11.5. The van der Waals surface area contributed by atoms with Crippen molar-refractivity contribution < 1.29 is 4.74 Å². The van der Waals surface area contributed by atoms with Crippen LogP contribution in [0.2, 0.25) is 0 Å². The van der Waals surface area contributed by atoms with Gasteiger partial charge in [-0.2, -0.15) is 0 Å². The normalized spacial score (nSPS) is 27.2. The first kappa shape index (κ1) is 13.3. The molecule has 1 unspecified atom stereocenters. The smallest absolute Gasteiger partial charge is 0.0477 e. The van der Waals surface area contributed by atoms with E-state index < -0.39 is 0 Å². The van der Waals surface area contributed by atoms with E-state index in [2.05, 4.69) is 17.1 Å². The Morgan fingerprint density at radius 2 is 2.06 bits per heavy atom. The summed E-state index contributed by atoms with van der Waals surface area (Å²) < 4.78 is 5.21. The van der Waals surface area contributed by atoms with E-state index in [9.17, 15) is 0 Å². The summed E-state index contributed by atoms with van der Waals surface area (Å²) in [6.07, 6.45) is 8.02. The third-order valence-corrected chi connectivity index (χ3v) is 4.55. The van der Waals surface area contributed by atoms with Gasteiger partial charge < -0.3 is 10.1 Å². The summed E-state index contributed by atoms with van der Waals surface area (Å²) in [5, 5.41) is 3.82. The first-order valence-corrected chi connectivity index (χ1v) is 7.24. The van der Waals surface area contributed by atoms with Gasteiger partial charge in [0.05, 0.1) is 0 Å². The Kier molecular flexibility index (Phi) is 4.83. The lowest BCUT2D eigenvalue weighted by atomic mass is 9.96. The van der Waals surface area contributed by atoms with E-state index in [1.165, 1.54) is 51.7 Å². The Morgan fingerprint density at radius 3 is 2.76 bits per heavy atom. The molecule has 0 aromatic heterocycles. The molecular formula is C14H28N2O. The van der Waals surface area contributed by atoms with E-state index in [-0.39, 0.29) is 0 Å². The van der Waals surface area contributed by atoms with E-state index >= 15 is 0 Å². The zero-order valence-corrected chi connectivity index (χ0v) is 11.5. The van der Waals surface area contributed by atoms with Gasteiger partial charge in [0.2, 0.25) is 0 Å². The summed E-state index contributed by atoms with van der Waals surface area (Å²) in [5.41, 5.74) is 0.442. The molecule has 1 saturated carbocycles. The molecule has 1 atom stereocenters. The zero-order chi connectivity index (χ0) is 12.1. The molecule has 1 aliphatic heterocycles. The quantitative estimate of drug-likeness (QED) is 0.813. The molecule has 0 aromatic rings. The minimum Gasteiger partial charge on any atom is -0.385 e. The highest BCUT2D eigenvalue weighted by Gasteiger charge is 2.37. The summed E-state index contributed by atoms with van der Waals surface area (Å²) in [7, 11) is 1.80. The van der Waals surface area contributed by atoms with Crippen molar-refractivity contribution in [1.29, 1.82) is 0 Å². The van der Waals surface area contributed by atoms with Crippen molar-refractivity contribution in [2.45, 2.75) is 57.0 Å². The molecule has 2 fully saturated rings. The number of hydrogen-bond acceptors (Lipinski definition) is 3. The van der Waals surface area contributed by atoms with Crippen LogP contribution in [0.4, 0.5) is 0 Å². The van der Waals surface area contributed by atoms with Crippen LogP contribution < -0.4 is 5.32 Å². The molecule has 1 aliphatic carbocycles. The van der Waals surface area contributed by atoms with Crippen LogP contribution in [0, 0.1) is 0 Å². The summed E-state index contributed by atoms with van der Waals surface area (Å²) in [6, 6.07) is 0.660. The maximum absolute atomic E-state index is 5.21. The van der Waals surface area contributed by atoms with Crippen LogP contribution in [0.15, 0.2) is 0 Å². The van der Waals surface area contributed by atoms with Crippen LogP contribution in [0.25, 0.3) is 0 Å². The number of hydrogen-bond donors (Lipinski definition) is 1. The molecule has 1 heterocycles. The Morgan fingerprint density at radius 1 is 1.29 bits per heavy atom. The average Bonchev–Trinajstić information content (AvgIpc) is 2.67. The topological polar surface area (TPSA) is 24.5 Å². The second kappa shape index (κ2) is 6.17. The molecule has 1 saturated heterocycles. The van der Waals surface area contributed by atoms with Crippen LogP contribution in [-0.4, -0.2) is 49.8 Å². The van der Waals surface area contributed by atoms with E-state index in [0.29, 0.717) is 11.6 Å². The summed E-state index contributed by atoms with van der Waals surface area (Å²) in [6.45, 7) is 6.94. The first-order chi connectivity index (χ1) is 8.26. The number of ether oxygens (including phenoxy) is 1. The average molecular weight is 240 g/mol. The van der Waals surface area contributed by atoms with Crippen molar-refractivity contribution >= 4 is 0 Å². The predicted molar refractivity (Wildman–Crippen MR) is 71.3 cm³/mol. The lowest BCUT2D eigenvalue weighted by Crippen LogP contribution is -2.51. The molecule has 3 heteroatoms. The van der Waals surface area contributed by atoms with E-state index in [1.54, 1.807) is 7.11 Å². The lowest BCUT2D eigenvalue weighted by molar-refractivity contribution is 0.121. The molecule has 1 N–H and O–H groups in total. The molecular weight excluding hydrogens is 212 g/mol. The fourth-order valence-electron chi connectivity index (χ4n) is 3.39. The predicted octanol–water partition coefficient (Wildman–Crippen LogP) is 2.02. The van der Waals surface area contributed by atoms with Gasteiger partial charge in [-0.1, -0.05) is 12.8 Å². The van der Waals surface area contributed by atoms with Gasteiger partial charge in [0, 0.05) is 31.8 Å². The Labute approximate surface area is 106 Å². The van der Waals surface area contributed by atoms with Crippen LogP contribution >= 0.6 is 0 Å². The van der Waals surface area contributed by atoms with Gasteiger partial charge in [-0.15, -0.1) is 0 Å². The maximum Gasteiger partial charge on any atom is 0.0477 e. The molecule has 0 aromatic carbocycles. The lowest BCUT2D eigenvalue weighted by Gasteiger charge is -2.36. The number of nitrogens with one attached hydrogen (secondary N) is 1. The number of methoxy groups -OCH3 is 1. The van der Waals surface area contributed by atoms with Crippen molar-refractivity contribution in [3.63, 3.8) is 0 Å². The summed E-state index contributed by atoms with van der Waals surface area (Å²) in [5.74, 6) is 0. The molecule has 2 rings (SSSR count). The highest BCUT2D eigenvalue weighted by Crippen LogP contribution is 2.32. The fraction of sp³-hybridized carbons (Fsp3) is 1.00. The molecule has 3 nitrogen and oxygen atoms in total. The van der Waals surface area contributed by atoms with E-state index in [4.69, 9.17) is 4.74 Å². The van der Waals surface area contributed by atoms with Gasteiger partial charge in [0.15, 0.2) is 0 Å². The fourth-order valence-corrected chi connectivity index (χ4v) is 3.39. The van der Waals surface area contributed by atoms with Crippen molar-refractivity contribution in [3.8, 4) is 0 Å². The van der Waals surface area contributed by atoms with Crippen LogP contribution in [0.3, 0.4) is 0 Å². The monoisotopic (exact) mass is 240 g/mol. The summed E-state index contributed by atoms with van der Waals surface area (Å²) in [4.78, 5) is 2.68. The minimum atomic E-state index is 0.442.